The van der Waals surface area contributed by atoms with Crippen molar-refractivity contribution in [1.82, 2.24) is 0 Å². The number of ether oxygens (including phenoxy) is 2. The molecule has 0 saturated carbocycles. The molecule has 0 fully saturated rings. The van der Waals surface area contributed by atoms with Gasteiger partial charge in [-0.05, 0) is 12.5 Å². The molecule has 0 unspecified atom stereocenters. The lowest BCUT2D eigenvalue weighted by Gasteiger charge is -2.00. The van der Waals surface area contributed by atoms with Crippen molar-refractivity contribution in [2.75, 3.05) is 6.79 Å². The van der Waals surface area contributed by atoms with Crippen molar-refractivity contribution in [2.45, 2.75) is 6.92 Å². The second-order valence-corrected chi connectivity index (χ2v) is 2.37. The Hall–Kier alpha value is -1.18. The second-order valence-electron chi connectivity index (χ2n) is 2.37. The van der Waals surface area contributed by atoms with Crippen LogP contribution in [0.5, 0.6) is 11.5 Å². The normalized spacial score (nSPS) is 13.5. The van der Waals surface area contributed by atoms with Crippen LogP contribution in [0.15, 0.2) is 18.2 Å². The Balaban J connectivity index is 2.50. The first kappa shape index (κ1) is 6.53. The van der Waals surface area contributed by atoms with Crippen LogP contribution in [0.4, 0.5) is 0 Å². The molecule has 0 aromatic heterocycles. The SMILES string of the molecule is C[CH]c1cccc2c1OCO2. The average molecular weight is 149 g/mol. The van der Waals surface area contributed by atoms with Crippen molar-refractivity contribution in [2.24, 2.45) is 0 Å². The van der Waals surface area contributed by atoms with Crippen molar-refractivity contribution >= 4 is 0 Å². The Morgan fingerprint density at radius 1 is 1.36 bits per heavy atom. The molecule has 11 heavy (non-hydrogen) atoms. The van der Waals surface area contributed by atoms with Crippen molar-refractivity contribution in [3.63, 3.8) is 0 Å². The van der Waals surface area contributed by atoms with Gasteiger partial charge in [0.15, 0.2) is 11.5 Å². The number of hydrogen-bond donors (Lipinski definition) is 0. The van der Waals surface area contributed by atoms with Crippen molar-refractivity contribution < 1.29 is 9.47 Å². The Kier molecular flexibility index (Phi) is 1.46. The van der Waals surface area contributed by atoms with E-state index in [0.29, 0.717) is 6.79 Å². The van der Waals surface area contributed by atoms with Crippen molar-refractivity contribution in [3.8, 4) is 11.5 Å². The van der Waals surface area contributed by atoms with E-state index in [1.165, 1.54) is 0 Å². The predicted molar refractivity (Wildman–Crippen MR) is 41.6 cm³/mol. The summed E-state index contributed by atoms with van der Waals surface area (Å²) in [5.41, 5.74) is 1.10. The number of rotatable bonds is 1. The third kappa shape index (κ3) is 0.946. The number of para-hydroxylation sites is 1. The molecule has 0 aliphatic carbocycles. The molecule has 0 saturated heterocycles. The van der Waals surface area contributed by atoms with E-state index in [1.807, 2.05) is 31.5 Å². The van der Waals surface area contributed by atoms with E-state index in [-0.39, 0.29) is 0 Å². The third-order valence-electron chi connectivity index (χ3n) is 1.74. The van der Waals surface area contributed by atoms with Crippen molar-refractivity contribution in [1.29, 1.82) is 0 Å². The van der Waals surface area contributed by atoms with E-state index in [9.17, 15) is 0 Å². The monoisotopic (exact) mass is 149 g/mol. The Morgan fingerprint density at radius 3 is 3.09 bits per heavy atom. The lowest BCUT2D eigenvalue weighted by Crippen LogP contribution is -1.93. The van der Waals surface area contributed by atoms with E-state index in [2.05, 4.69) is 0 Å². The van der Waals surface area contributed by atoms with Gasteiger partial charge in [-0.15, -0.1) is 0 Å². The van der Waals surface area contributed by atoms with Crippen LogP contribution in [0.3, 0.4) is 0 Å². The molecule has 2 nitrogen and oxygen atoms in total. The Labute approximate surface area is 65.7 Å². The summed E-state index contributed by atoms with van der Waals surface area (Å²) >= 11 is 0. The first-order valence-corrected chi connectivity index (χ1v) is 3.60. The van der Waals surface area contributed by atoms with Crippen molar-refractivity contribution in [3.05, 3.63) is 30.2 Å². The zero-order valence-electron chi connectivity index (χ0n) is 6.33. The molecule has 0 spiro atoms. The summed E-state index contributed by atoms with van der Waals surface area (Å²) in [6.07, 6.45) is 2.01. The van der Waals surface area contributed by atoms with E-state index >= 15 is 0 Å². The molecule has 1 aromatic rings. The third-order valence-corrected chi connectivity index (χ3v) is 1.74. The Morgan fingerprint density at radius 2 is 2.27 bits per heavy atom. The van der Waals surface area contributed by atoms with Gasteiger partial charge in [0.1, 0.15) is 0 Å². The lowest BCUT2D eigenvalue weighted by atomic mass is 10.1. The van der Waals surface area contributed by atoms with Gasteiger partial charge in [-0.3, -0.25) is 0 Å². The summed E-state index contributed by atoms with van der Waals surface area (Å²) < 4.78 is 10.5. The standard InChI is InChI=1S/C9H9O2/c1-2-7-4-3-5-8-9(7)11-6-10-8/h2-5H,6H2,1H3. The smallest absolute Gasteiger partial charge is 0.231 e. The zero-order chi connectivity index (χ0) is 7.68. The van der Waals surface area contributed by atoms with E-state index < -0.39 is 0 Å². The minimum Gasteiger partial charge on any atom is -0.454 e. The molecule has 57 valence electrons. The maximum absolute atomic E-state index is 5.27. The number of hydrogen-bond acceptors (Lipinski definition) is 2. The van der Waals surface area contributed by atoms with Gasteiger partial charge in [0.25, 0.3) is 0 Å². The van der Waals surface area contributed by atoms with Crippen LogP contribution < -0.4 is 9.47 Å². The zero-order valence-corrected chi connectivity index (χ0v) is 6.33. The molecule has 0 atom stereocenters. The summed E-state index contributed by atoms with van der Waals surface area (Å²) in [7, 11) is 0. The second kappa shape index (κ2) is 2.46. The van der Waals surface area contributed by atoms with Gasteiger partial charge in [0.2, 0.25) is 6.79 Å². The molecule has 0 bridgehead atoms. The molecule has 1 heterocycles. The van der Waals surface area contributed by atoms with E-state index in [0.717, 1.165) is 17.1 Å². The summed E-state index contributed by atoms with van der Waals surface area (Å²) in [6.45, 7) is 2.33. The number of fused-ring (bicyclic) bond motifs is 1. The maximum atomic E-state index is 5.27. The first-order valence-electron chi connectivity index (χ1n) is 3.60. The fourth-order valence-corrected chi connectivity index (χ4v) is 1.18. The van der Waals surface area contributed by atoms with Crippen LogP contribution >= 0.6 is 0 Å². The molecule has 1 radical (unpaired) electrons. The van der Waals surface area contributed by atoms with Crippen LogP contribution in [0.25, 0.3) is 0 Å². The highest BCUT2D eigenvalue weighted by atomic mass is 16.7. The minimum absolute atomic E-state index is 0.347. The fraction of sp³-hybridized carbons (Fsp3) is 0.222. The molecule has 1 aliphatic heterocycles. The van der Waals surface area contributed by atoms with Crippen LogP contribution in [0.2, 0.25) is 0 Å². The van der Waals surface area contributed by atoms with Crippen LogP contribution in [-0.2, 0) is 0 Å². The summed E-state index contributed by atoms with van der Waals surface area (Å²) in [4.78, 5) is 0. The highest BCUT2D eigenvalue weighted by Gasteiger charge is 2.15. The summed E-state index contributed by atoms with van der Waals surface area (Å²) in [5.74, 6) is 1.72. The fourth-order valence-electron chi connectivity index (χ4n) is 1.18. The predicted octanol–water partition coefficient (Wildman–Crippen LogP) is 1.99. The largest absolute Gasteiger partial charge is 0.454 e. The molecule has 1 aliphatic rings. The van der Waals surface area contributed by atoms with Gasteiger partial charge in [-0.25, -0.2) is 0 Å². The minimum atomic E-state index is 0.347. The van der Waals surface area contributed by atoms with Gasteiger partial charge in [-0.2, -0.15) is 0 Å². The molecule has 2 heteroatoms. The molecule has 1 aromatic carbocycles. The quantitative estimate of drug-likeness (QED) is 0.608. The highest BCUT2D eigenvalue weighted by Crippen LogP contribution is 2.35. The van der Waals surface area contributed by atoms with Gasteiger partial charge < -0.3 is 9.47 Å². The lowest BCUT2D eigenvalue weighted by molar-refractivity contribution is 0.173. The molecular formula is C9H9O2. The van der Waals surface area contributed by atoms with Gasteiger partial charge in [0.05, 0.1) is 0 Å². The topological polar surface area (TPSA) is 18.5 Å². The summed E-state index contributed by atoms with van der Waals surface area (Å²) in [5, 5.41) is 0. The maximum Gasteiger partial charge on any atom is 0.231 e. The van der Waals surface area contributed by atoms with Gasteiger partial charge >= 0.3 is 0 Å². The molecule has 2 rings (SSSR count). The summed E-state index contributed by atoms with van der Waals surface area (Å²) in [6, 6.07) is 5.88. The highest BCUT2D eigenvalue weighted by molar-refractivity contribution is 5.50. The molecule has 0 N–H and O–H groups in total. The molecular weight excluding hydrogens is 140 g/mol. The van der Waals surface area contributed by atoms with Crippen LogP contribution in [-0.4, -0.2) is 6.79 Å². The van der Waals surface area contributed by atoms with E-state index in [1.54, 1.807) is 0 Å². The van der Waals surface area contributed by atoms with Crippen LogP contribution in [0.1, 0.15) is 12.5 Å². The Bertz CT molecular complexity index is 268. The van der Waals surface area contributed by atoms with Crippen LogP contribution in [0, 0.1) is 6.42 Å². The average Bonchev–Trinajstić information content (AvgIpc) is 2.50. The number of benzene rings is 1. The first-order chi connectivity index (χ1) is 5.42. The van der Waals surface area contributed by atoms with Gasteiger partial charge in [-0.1, -0.05) is 19.1 Å². The van der Waals surface area contributed by atoms with E-state index in [4.69, 9.17) is 9.47 Å². The van der Waals surface area contributed by atoms with Gasteiger partial charge in [0, 0.05) is 5.56 Å². The molecule has 0 amide bonds.